The van der Waals surface area contributed by atoms with Crippen LogP contribution >= 0.6 is 11.6 Å². The number of halogens is 1. The Kier molecular flexibility index (Phi) is 6.11. The molecule has 1 aromatic carbocycles. The summed E-state index contributed by atoms with van der Waals surface area (Å²) in [5.74, 6) is -0.301. The second kappa shape index (κ2) is 8.29. The Labute approximate surface area is 140 Å². The lowest BCUT2D eigenvalue weighted by Gasteiger charge is -2.22. The van der Waals surface area contributed by atoms with E-state index in [4.69, 9.17) is 11.6 Å². The van der Waals surface area contributed by atoms with E-state index >= 15 is 0 Å². The molecule has 23 heavy (non-hydrogen) atoms. The Morgan fingerprint density at radius 3 is 2.57 bits per heavy atom. The van der Waals surface area contributed by atoms with Crippen LogP contribution in [0.3, 0.4) is 0 Å². The van der Waals surface area contributed by atoms with E-state index in [2.05, 4.69) is 10.3 Å². The first-order valence-electron chi connectivity index (χ1n) is 7.27. The van der Waals surface area contributed by atoms with Crippen molar-refractivity contribution in [2.24, 2.45) is 0 Å². The molecule has 0 spiro atoms. The topological polar surface area (TPSA) is 62.3 Å². The lowest BCUT2D eigenvalue weighted by Crippen LogP contribution is -2.34. The van der Waals surface area contributed by atoms with Crippen LogP contribution in [0.5, 0.6) is 0 Å². The summed E-state index contributed by atoms with van der Waals surface area (Å²) < 4.78 is 0. The number of rotatable bonds is 6. The van der Waals surface area contributed by atoms with Crippen molar-refractivity contribution >= 4 is 29.1 Å². The minimum atomic E-state index is -0.157. The van der Waals surface area contributed by atoms with Gasteiger partial charge in [0.05, 0.1) is 22.9 Å². The minimum absolute atomic E-state index is 0.144. The van der Waals surface area contributed by atoms with Crippen LogP contribution in [-0.4, -0.2) is 23.3 Å². The molecule has 0 atom stereocenters. The van der Waals surface area contributed by atoms with Gasteiger partial charge < -0.3 is 10.2 Å². The summed E-state index contributed by atoms with van der Waals surface area (Å²) in [7, 11) is 0. The number of carbonyl (C=O) groups excluding carboxylic acids is 2. The van der Waals surface area contributed by atoms with E-state index in [1.54, 1.807) is 30.5 Å². The zero-order valence-corrected chi connectivity index (χ0v) is 13.6. The Hall–Kier alpha value is -2.40. The van der Waals surface area contributed by atoms with Crippen LogP contribution in [0.25, 0.3) is 0 Å². The molecule has 0 bridgehead atoms. The standard InChI is InChI=1S/C17H18ClN3O2/c1-13(22)21(16-8-3-2-7-15(16)18)11-9-17(23)20-12-14-6-4-5-10-19-14/h2-8,10H,9,11-12H2,1H3,(H,20,23). The van der Waals surface area contributed by atoms with Crippen molar-refractivity contribution in [2.45, 2.75) is 19.9 Å². The van der Waals surface area contributed by atoms with Crippen LogP contribution in [0.4, 0.5) is 5.69 Å². The fourth-order valence-corrected chi connectivity index (χ4v) is 2.35. The molecule has 1 N–H and O–H groups in total. The number of hydrogen-bond acceptors (Lipinski definition) is 3. The Balaban J connectivity index is 1.90. The maximum atomic E-state index is 11.9. The molecule has 0 aliphatic heterocycles. The maximum absolute atomic E-state index is 11.9. The van der Waals surface area contributed by atoms with Crippen LogP contribution in [0.2, 0.25) is 5.02 Å². The highest BCUT2D eigenvalue weighted by molar-refractivity contribution is 6.33. The Morgan fingerprint density at radius 1 is 1.17 bits per heavy atom. The molecule has 0 radical (unpaired) electrons. The van der Waals surface area contributed by atoms with Crippen LogP contribution in [0, 0.1) is 0 Å². The summed E-state index contributed by atoms with van der Waals surface area (Å²) in [5, 5.41) is 3.27. The monoisotopic (exact) mass is 331 g/mol. The van der Waals surface area contributed by atoms with Gasteiger partial charge in [-0.2, -0.15) is 0 Å². The van der Waals surface area contributed by atoms with Crippen LogP contribution in [0.15, 0.2) is 48.7 Å². The molecule has 2 aromatic rings. The van der Waals surface area contributed by atoms with Gasteiger partial charge in [-0.05, 0) is 24.3 Å². The number of nitrogens with one attached hydrogen (secondary N) is 1. The lowest BCUT2D eigenvalue weighted by molar-refractivity contribution is -0.121. The van der Waals surface area contributed by atoms with Crippen molar-refractivity contribution in [2.75, 3.05) is 11.4 Å². The number of benzene rings is 1. The summed E-state index contributed by atoms with van der Waals surface area (Å²) in [4.78, 5) is 29.4. The van der Waals surface area contributed by atoms with E-state index in [9.17, 15) is 9.59 Å². The highest BCUT2D eigenvalue weighted by Gasteiger charge is 2.15. The van der Waals surface area contributed by atoms with Crippen molar-refractivity contribution in [3.8, 4) is 0 Å². The number of aromatic nitrogens is 1. The molecule has 0 aliphatic rings. The normalized spacial score (nSPS) is 10.2. The summed E-state index contributed by atoms with van der Waals surface area (Å²) >= 11 is 6.12. The number of pyridine rings is 1. The molecule has 0 aliphatic carbocycles. The minimum Gasteiger partial charge on any atom is -0.350 e. The van der Waals surface area contributed by atoms with Crippen molar-refractivity contribution in [3.05, 3.63) is 59.4 Å². The molecule has 2 amide bonds. The molecule has 0 fully saturated rings. The van der Waals surface area contributed by atoms with Crippen molar-refractivity contribution in [1.82, 2.24) is 10.3 Å². The predicted molar refractivity (Wildman–Crippen MR) is 90.2 cm³/mol. The van der Waals surface area contributed by atoms with Gasteiger partial charge in [0.2, 0.25) is 11.8 Å². The molecule has 6 heteroatoms. The first-order valence-corrected chi connectivity index (χ1v) is 7.65. The van der Waals surface area contributed by atoms with E-state index in [0.717, 1.165) is 5.69 Å². The average molecular weight is 332 g/mol. The summed E-state index contributed by atoms with van der Waals surface area (Å²) in [6, 6.07) is 12.6. The first-order chi connectivity index (χ1) is 11.1. The van der Waals surface area contributed by atoms with Crippen LogP contribution in [-0.2, 0) is 16.1 Å². The molecular formula is C17H18ClN3O2. The van der Waals surface area contributed by atoms with E-state index in [1.165, 1.54) is 11.8 Å². The molecule has 5 nitrogen and oxygen atoms in total. The van der Waals surface area contributed by atoms with E-state index in [-0.39, 0.29) is 24.8 Å². The molecule has 2 rings (SSSR count). The largest absolute Gasteiger partial charge is 0.350 e. The van der Waals surface area contributed by atoms with E-state index in [1.807, 2.05) is 18.2 Å². The number of nitrogens with zero attached hydrogens (tertiary/aromatic N) is 2. The van der Waals surface area contributed by atoms with Gasteiger partial charge in [-0.15, -0.1) is 0 Å². The highest BCUT2D eigenvalue weighted by atomic mass is 35.5. The van der Waals surface area contributed by atoms with E-state index in [0.29, 0.717) is 17.3 Å². The molecule has 0 unspecified atom stereocenters. The quantitative estimate of drug-likeness (QED) is 0.885. The van der Waals surface area contributed by atoms with Crippen molar-refractivity contribution in [1.29, 1.82) is 0 Å². The van der Waals surface area contributed by atoms with Gasteiger partial charge in [-0.1, -0.05) is 29.8 Å². The van der Waals surface area contributed by atoms with Gasteiger partial charge in [0.15, 0.2) is 0 Å². The first kappa shape index (κ1) is 17.0. The third-order valence-electron chi connectivity index (χ3n) is 3.28. The fourth-order valence-electron chi connectivity index (χ4n) is 2.11. The number of para-hydroxylation sites is 1. The molecule has 120 valence electrons. The number of anilines is 1. The van der Waals surface area contributed by atoms with Gasteiger partial charge in [-0.3, -0.25) is 14.6 Å². The third-order valence-corrected chi connectivity index (χ3v) is 3.60. The fraction of sp³-hybridized carbons (Fsp3) is 0.235. The second-order valence-corrected chi connectivity index (χ2v) is 5.38. The lowest BCUT2D eigenvalue weighted by atomic mass is 10.2. The SMILES string of the molecule is CC(=O)N(CCC(=O)NCc1ccccn1)c1ccccc1Cl. The Morgan fingerprint density at radius 2 is 1.91 bits per heavy atom. The average Bonchev–Trinajstić information content (AvgIpc) is 2.55. The number of hydrogen-bond donors (Lipinski definition) is 1. The van der Waals surface area contributed by atoms with Gasteiger partial charge >= 0.3 is 0 Å². The maximum Gasteiger partial charge on any atom is 0.223 e. The predicted octanol–water partition coefficient (Wildman–Crippen LogP) is 2.79. The highest BCUT2D eigenvalue weighted by Crippen LogP contribution is 2.25. The molecule has 1 aromatic heterocycles. The Bertz CT molecular complexity index is 677. The summed E-state index contributed by atoms with van der Waals surface area (Å²) in [6.07, 6.45) is 1.87. The summed E-state index contributed by atoms with van der Waals surface area (Å²) in [5.41, 5.74) is 1.40. The summed E-state index contributed by atoms with van der Waals surface area (Å²) in [6.45, 7) is 2.09. The van der Waals surface area contributed by atoms with Crippen LogP contribution in [0.1, 0.15) is 19.0 Å². The third kappa shape index (κ3) is 5.07. The second-order valence-electron chi connectivity index (χ2n) is 4.97. The van der Waals surface area contributed by atoms with E-state index < -0.39 is 0 Å². The zero-order chi connectivity index (χ0) is 16.7. The van der Waals surface area contributed by atoms with Gasteiger partial charge in [0, 0.05) is 26.1 Å². The molecule has 0 saturated carbocycles. The smallest absolute Gasteiger partial charge is 0.223 e. The van der Waals surface area contributed by atoms with Crippen molar-refractivity contribution < 1.29 is 9.59 Å². The number of carbonyl (C=O) groups is 2. The van der Waals surface area contributed by atoms with Crippen LogP contribution < -0.4 is 10.2 Å². The molecule has 0 saturated heterocycles. The molecule has 1 heterocycles. The molecular weight excluding hydrogens is 314 g/mol. The van der Waals surface area contributed by atoms with Gasteiger partial charge in [0.1, 0.15) is 0 Å². The van der Waals surface area contributed by atoms with Gasteiger partial charge in [0.25, 0.3) is 0 Å². The van der Waals surface area contributed by atoms with Gasteiger partial charge in [-0.25, -0.2) is 0 Å². The zero-order valence-electron chi connectivity index (χ0n) is 12.8. The van der Waals surface area contributed by atoms with Crippen molar-refractivity contribution in [3.63, 3.8) is 0 Å². The number of amides is 2.